The van der Waals surface area contributed by atoms with E-state index < -0.39 is 0 Å². The van der Waals surface area contributed by atoms with Gasteiger partial charge in [-0.2, -0.15) is 11.8 Å². The Morgan fingerprint density at radius 2 is 2.43 bits per heavy atom. The van der Waals surface area contributed by atoms with E-state index in [4.69, 9.17) is 13.6 Å². The zero-order chi connectivity index (χ0) is 5.70. The lowest BCUT2D eigenvalue weighted by atomic mass is 9.96. The van der Waals surface area contributed by atoms with Gasteiger partial charge in [0, 0.05) is 0 Å². The molecular formula is C4H10BNS. The fourth-order valence-corrected chi connectivity index (χ4v) is 0.762. The molecule has 0 rings (SSSR count). The second kappa shape index (κ2) is 4.53. The summed E-state index contributed by atoms with van der Waals surface area (Å²) in [6.45, 7) is 0. The maximum absolute atomic E-state index is 5.24. The van der Waals surface area contributed by atoms with Gasteiger partial charge in [0.25, 0.3) is 0 Å². The summed E-state index contributed by atoms with van der Waals surface area (Å²) in [5.74, 6) is 0.949. The van der Waals surface area contributed by atoms with Crippen molar-refractivity contribution in [3.05, 3.63) is 0 Å². The van der Waals surface area contributed by atoms with E-state index in [9.17, 15) is 0 Å². The predicted octanol–water partition coefficient (Wildman–Crippen LogP) is 0.193. The molecule has 2 N–H and O–H groups in total. The number of thioether (sulfide) groups is 1. The SMILES string of the molecule is [B][C@@H](N)CCSC. The third-order valence-corrected chi connectivity index (χ3v) is 1.30. The van der Waals surface area contributed by atoms with Crippen LogP contribution in [0.25, 0.3) is 0 Å². The largest absolute Gasteiger partial charge is 0.336 e. The molecule has 0 spiro atoms. The molecule has 1 atom stereocenters. The molecule has 0 aromatic rings. The lowest BCUT2D eigenvalue weighted by Crippen LogP contribution is -2.19. The van der Waals surface area contributed by atoms with E-state index >= 15 is 0 Å². The quantitative estimate of drug-likeness (QED) is 0.531. The molecule has 0 saturated heterocycles. The first-order chi connectivity index (χ1) is 3.27. The molecule has 0 aliphatic heterocycles. The molecular weight excluding hydrogens is 105 g/mol. The van der Waals surface area contributed by atoms with Gasteiger partial charge in [-0.1, -0.05) is 0 Å². The Morgan fingerprint density at radius 1 is 1.86 bits per heavy atom. The van der Waals surface area contributed by atoms with Crippen molar-refractivity contribution in [2.24, 2.45) is 5.73 Å². The average molecular weight is 115 g/mol. The molecule has 0 aliphatic carbocycles. The second-order valence-electron chi connectivity index (χ2n) is 1.45. The summed E-state index contributed by atoms with van der Waals surface area (Å²) in [4.78, 5) is 0. The molecule has 40 valence electrons. The number of hydrogen-bond acceptors (Lipinski definition) is 2. The highest BCUT2D eigenvalue weighted by Crippen LogP contribution is 1.94. The molecule has 0 saturated carbocycles. The summed E-state index contributed by atoms with van der Waals surface area (Å²) in [7, 11) is 5.24. The molecule has 3 heteroatoms. The average Bonchev–Trinajstić information content (AvgIpc) is 1.61. The van der Waals surface area contributed by atoms with E-state index in [1.165, 1.54) is 0 Å². The minimum Gasteiger partial charge on any atom is -0.336 e. The van der Waals surface area contributed by atoms with Gasteiger partial charge in [0.05, 0.1) is 7.85 Å². The molecule has 0 aromatic carbocycles. The highest BCUT2D eigenvalue weighted by molar-refractivity contribution is 7.98. The molecule has 1 nitrogen and oxygen atoms in total. The van der Waals surface area contributed by atoms with Crippen molar-refractivity contribution in [2.75, 3.05) is 12.0 Å². The third-order valence-electron chi connectivity index (χ3n) is 0.655. The van der Waals surface area contributed by atoms with E-state index in [-0.39, 0.29) is 5.94 Å². The summed E-state index contributed by atoms with van der Waals surface area (Å²) in [6.07, 6.45) is 2.96. The zero-order valence-corrected chi connectivity index (χ0v) is 5.37. The van der Waals surface area contributed by atoms with Crippen LogP contribution in [0.2, 0.25) is 0 Å². The smallest absolute Gasteiger partial charge is 0.0903 e. The minimum absolute atomic E-state index is 0.118. The Labute approximate surface area is 50.4 Å². The zero-order valence-electron chi connectivity index (χ0n) is 4.55. The second-order valence-corrected chi connectivity index (χ2v) is 2.43. The van der Waals surface area contributed by atoms with Gasteiger partial charge in [-0.25, -0.2) is 0 Å². The Balaban J connectivity index is 2.68. The Morgan fingerprint density at radius 3 is 2.57 bits per heavy atom. The maximum Gasteiger partial charge on any atom is 0.0903 e. The van der Waals surface area contributed by atoms with Gasteiger partial charge >= 0.3 is 0 Å². The number of rotatable bonds is 3. The normalized spacial score (nSPS) is 14.0. The summed E-state index contributed by atoms with van der Waals surface area (Å²) in [6, 6.07) is 0. The molecule has 0 amide bonds. The van der Waals surface area contributed by atoms with Crippen LogP contribution in [0, 0.1) is 0 Å². The minimum atomic E-state index is -0.118. The Bertz CT molecular complexity index is 40.7. The topological polar surface area (TPSA) is 26.0 Å². The van der Waals surface area contributed by atoms with Crippen LogP contribution in [0.5, 0.6) is 0 Å². The first-order valence-corrected chi connectivity index (χ1v) is 3.67. The van der Waals surface area contributed by atoms with Crippen LogP contribution in [-0.2, 0) is 0 Å². The summed E-state index contributed by atoms with van der Waals surface area (Å²) >= 11 is 1.77. The highest BCUT2D eigenvalue weighted by Gasteiger charge is 1.88. The first-order valence-electron chi connectivity index (χ1n) is 2.27. The molecule has 0 bridgehead atoms. The fourth-order valence-electron chi connectivity index (χ4n) is 0.254. The lowest BCUT2D eigenvalue weighted by Gasteiger charge is -1.99. The summed E-state index contributed by atoms with van der Waals surface area (Å²) in [5, 5.41) is 0. The monoisotopic (exact) mass is 115 g/mol. The van der Waals surface area contributed by atoms with E-state index in [2.05, 4.69) is 0 Å². The van der Waals surface area contributed by atoms with Crippen LogP contribution >= 0.6 is 11.8 Å². The molecule has 0 aromatic heterocycles. The van der Waals surface area contributed by atoms with Gasteiger partial charge in [-0.3, -0.25) is 0 Å². The van der Waals surface area contributed by atoms with Crippen molar-refractivity contribution in [3.63, 3.8) is 0 Å². The van der Waals surface area contributed by atoms with Gasteiger partial charge in [0.2, 0.25) is 0 Å². The maximum atomic E-state index is 5.24. The van der Waals surface area contributed by atoms with Gasteiger partial charge < -0.3 is 5.73 Å². The molecule has 0 unspecified atom stereocenters. The standard InChI is InChI=1S/C4H10BNS/c1-7-3-2-4(5)6/h4H,2-3,6H2,1H3/t4-/m0/s1. The van der Waals surface area contributed by atoms with Crippen molar-refractivity contribution in [2.45, 2.75) is 12.4 Å². The third kappa shape index (κ3) is 6.37. The Hall–Kier alpha value is 0.375. The van der Waals surface area contributed by atoms with Crippen molar-refractivity contribution < 1.29 is 0 Å². The van der Waals surface area contributed by atoms with Crippen LogP contribution < -0.4 is 5.73 Å². The van der Waals surface area contributed by atoms with Crippen molar-refractivity contribution in [1.82, 2.24) is 0 Å². The van der Waals surface area contributed by atoms with Crippen molar-refractivity contribution in [1.29, 1.82) is 0 Å². The molecule has 2 radical (unpaired) electrons. The molecule has 7 heavy (non-hydrogen) atoms. The molecule has 0 aliphatic rings. The van der Waals surface area contributed by atoms with Gasteiger partial charge in [-0.05, 0) is 24.4 Å². The molecule has 0 heterocycles. The van der Waals surface area contributed by atoms with Gasteiger partial charge in [0.15, 0.2) is 0 Å². The summed E-state index contributed by atoms with van der Waals surface area (Å²) in [5.41, 5.74) is 5.24. The van der Waals surface area contributed by atoms with Crippen LogP contribution in [0.3, 0.4) is 0 Å². The van der Waals surface area contributed by atoms with Crippen molar-refractivity contribution >= 4 is 19.6 Å². The van der Waals surface area contributed by atoms with E-state index in [0.29, 0.717) is 0 Å². The Kier molecular flexibility index (Phi) is 4.77. The predicted molar refractivity (Wildman–Crippen MR) is 36.7 cm³/mol. The van der Waals surface area contributed by atoms with Crippen LogP contribution in [0.15, 0.2) is 0 Å². The van der Waals surface area contributed by atoms with E-state index in [1.54, 1.807) is 11.8 Å². The van der Waals surface area contributed by atoms with E-state index in [0.717, 1.165) is 12.2 Å². The number of nitrogens with two attached hydrogens (primary N) is 1. The van der Waals surface area contributed by atoms with E-state index in [1.807, 2.05) is 6.26 Å². The van der Waals surface area contributed by atoms with Gasteiger partial charge in [0.1, 0.15) is 0 Å². The van der Waals surface area contributed by atoms with Crippen LogP contribution in [0.1, 0.15) is 6.42 Å². The molecule has 0 fully saturated rings. The first kappa shape index (κ1) is 7.37. The summed E-state index contributed by atoms with van der Waals surface area (Å²) < 4.78 is 0. The van der Waals surface area contributed by atoms with Crippen molar-refractivity contribution in [3.8, 4) is 0 Å². The van der Waals surface area contributed by atoms with Gasteiger partial charge in [-0.15, -0.1) is 0 Å². The van der Waals surface area contributed by atoms with Crippen LogP contribution in [0.4, 0.5) is 0 Å². The van der Waals surface area contributed by atoms with Crippen LogP contribution in [-0.4, -0.2) is 25.8 Å². The lowest BCUT2D eigenvalue weighted by molar-refractivity contribution is 0.866. The highest BCUT2D eigenvalue weighted by atomic mass is 32.2. The fraction of sp³-hybridized carbons (Fsp3) is 1.00. The number of hydrogen-bond donors (Lipinski definition) is 1.